The lowest BCUT2D eigenvalue weighted by Gasteiger charge is -2.42. The number of hydrogen-bond donors (Lipinski definition) is 1. The SMILES string of the molecule is CC[C@@H](Oc1ccccc1F)C(=O)N[C@H]1CC(CC)(CC)Oc2ccccc21. The van der Waals surface area contributed by atoms with Gasteiger partial charge in [-0.1, -0.05) is 51.1 Å². The molecule has 1 aliphatic heterocycles. The number of rotatable bonds is 7. The normalized spacial score (nSPS) is 18.5. The van der Waals surface area contributed by atoms with E-state index < -0.39 is 11.9 Å². The van der Waals surface area contributed by atoms with Crippen LogP contribution in [-0.4, -0.2) is 17.6 Å². The van der Waals surface area contributed by atoms with E-state index in [4.69, 9.17) is 9.47 Å². The number of halogens is 1. The van der Waals surface area contributed by atoms with Gasteiger partial charge in [0.05, 0.1) is 6.04 Å². The Morgan fingerprint density at radius 1 is 1.18 bits per heavy atom. The molecule has 0 unspecified atom stereocenters. The molecule has 2 aromatic rings. The van der Waals surface area contributed by atoms with Crippen molar-refractivity contribution in [3.8, 4) is 11.5 Å². The summed E-state index contributed by atoms with van der Waals surface area (Å²) in [5, 5.41) is 3.12. The smallest absolute Gasteiger partial charge is 0.261 e. The van der Waals surface area contributed by atoms with Crippen molar-refractivity contribution < 1.29 is 18.7 Å². The van der Waals surface area contributed by atoms with Crippen molar-refractivity contribution in [3.05, 3.63) is 59.9 Å². The monoisotopic (exact) mass is 385 g/mol. The van der Waals surface area contributed by atoms with Gasteiger partial charge in [-0.3, -0.25) is 4.79 Å². The largest absolute Gasteiger partial charge is 0.487 e. The molecular weight excluding hydrogens is 357 g/mol. The predicted molar refractivity (Wildman–Crippen MR) is 107 cm³/mol. The highest BCUT2D eigenvalue weighted by Crippen LogP contribution is 2.42. The van der Waals surface area contributed by atoms with Gasteiger partial charge < -0.3 is 14.8 Å². The van der Waals surface area contributed by atoms with Crippen molar-refractivity contribution in [2.24, 2.45) is 0 Å². The molecule has 1 heterocycles. The molecule has 1 amide bonds. The molecule has 0 aliphatic carbocycles. The first-order valence-electron chi connectivity index (χ1n) is 10.0. The summed E-state index contributed by atoms with van der Waals surface area (Å²) in [6.45, 7) is 6.06. The van der Waals surface area contributed by atoms with Crippen LogP contribution in [0.5, 0.6) is 11.5 Å². The number of hydrogen-bond acceptors (Lipinski definition) is 3. The Bertz CT molecular complexity index is 819. The van der Waals surface area contributed by atoms with Crippen LogP contribution in [0.25, 0.3) is 0 Å². The number of nitrogens with one attached hydrogen (secondary N) is 1. The highest BCUT2D eigenvalue weighted by Gasteiger charge is 2.39. The van der Waals surface area contributed by atoms with Crippen LogP contribution in [0.2, 0.25) is 0 Å². The van der Waals surface area contributed by atoms with Gasteiger partial charge in [0.25, 0.3) is 5.91 Å². The van der Waals surface area contributed by atoms with Gasteiger partial charge >= 0.3 is 0 Å². The zero-order valence-corrected chi connectivity index (χ0v) is 16.7. The molecule has 2 atom stereocenters. The van der Waals surface area contributed by atoms with Gasteiger partial charge in [0.15, 0.2) is 17.7 Å². The lowest BCUT2D eigenvalue weighted by Crippen LogP contribution is -2.47. The van der Waals surface area contributed by atoms with E-state index in [-0.39, 0.29) is 23.3 Å². The summed E-state index contributed by atoms with van der Waals surface area (Å²) < 4.78 is 25.9. The first-order valence-corrected chi connectivity index (χ1v) is 10.0. The molecule has 1 N–H and O–H groups in total. The maximum Gasteiger partial charge on any atom is 0.261 e. The summed E-state index contributed by atoms with van der Waals surface area (Å²) in [5.41, 5.74) is 0.662. The Labute approximate surface area is 166 Å². The second kappa shape index (κ2) is 8.63. The number of amides is 1. The Morgan fingerprint density at radius 2 is 1.86 bits per heavy atom. The van der Waals surface area contributed by atoms with Crippen molar-refractivity contribution >= 4 is 5.91 Å². The van der Waals surface area contributed by atoms with Crippen LogP contribution in [0, 0.1) is 5.82 Å². The molecule has 3 rings (SSSR count). The summed E-state index contributed by atoms with van der Waals surface area (Å²) in [7, 11) is 0. The van der Waals surface area contributed by atoms with Gasteiger partial charge in [0, 0.05) is 12.0 Å². The second-order valence-electron chi connectivity index (χ2n) is 7.24. The van der Waals surface area contributed by atoms with Crippen molar-refractivity contribution in [1.82, 2.24) is 5.32 Å². The summed E-state index contributed by atoms with van der Waals surface area (Å²) >= 11 is 0. The predicted octanol–water partition coefficient (Wildman–Crippen LogP) is 5.18. The van der Waals surface area contributed by atoms with Crippen molar-refractivity contribution in [2.45, 2.75) is 64.2 Å². The van der Waals surface area contributed by atoms with E-state index in [0.29, 0.717) is 12.8 Å². The molecule has 150 valence electrons. The van der Waals surface area contributed by atoms with Crippen LogP contribution < -0.4 is 14.8 Å². The third-order valence-electron chi connectivity index (χ3n) is 5.57. The van der Waals surface area contributed by atoms with Gasteiger partial charge in [0.1, 0.15) is 11.4 Å². The first kappa shape index (κ1) is 20.2. The molecule has 0 fully saturated rings. The van der Waals surface area contributed by atoms with Crippen LogP contribution >= 0.6 is 0 Å². The maximum absolute atomic E-state index is 13.9. The van der Waals surface area contributed by atoms with Gasteiger partial charge in [-0.15, -0.1) is 0 Å². The van der Waals surface area contributed by atoms with Crippen LogP contribution in [0.1, 0.15) is 58.1 Å². The lowest BCUT2D eigenvalue weighted by atomic mass is 9.83. The van der Waals surface area contributed by atoms with Crippen molar-refractivity contribution in [2.75, 3.05) is 0 Å². The topological polar surface area (TPSA) is 47.6 Å². The maximum atomic E-state index is 13.9. The van der Waals surface area contributed by atoms with E-state index in [9.17, 15) is 9.18 Å². The number of carbonyl (C=O) groups is 1. The minimum absolute atomic E-state index is 0.0911. The summed E-state index contributed by atoms with van der Waals surface area (Å²) in [5.74, 6) is 0.189. The summed E-state index contributed by atoms with van der Waals surface area (Å²) in [6, 6.07) is 13.8. The van der Waals surface area contributed by atoms with E-state index in [0.717, 1.165) is 24.2 Å². The van der Waals surface area contributed by atoms with Gasteiger partial charge in [-0.2, -0.15) is 0 Å². The molecule has 0 saturated carbocycles. The first-order chi connectivity index (χ1) is 13.5. The molecule has 2 aromatic carbocycles. The highest BCUT2D eigenvalue weighted by atomic mass is 19.1. The average Bonchev–Trinajstić information content (AvgIpc) is 2.72. The minimum Gasteiger partial charge on any atom is -0.487 e. The fraction of sp³-hybridized carbons (Fsp3) is 0.435. The molecule has 0 aromatic heterocycles. The Morgan fingerprint density at radius 3 is 2.54 bits per heavy atom. The Kier molecular flexibility index (Phi) is 6.22. The highest BCUT2D eigenvalue weighted by molar-refractivity contribution is 5.81. The molecule has 5 heteroatoms. The second-order valence-corrected chi connectivity index (χ2v) is 7.24. The van der Waals surface area contributed by atoms with E-state index in [2.05, 4.69) is 19.2 Å². The third kappa shape index (κ3) is 4.13. The quantitative estimate of drug-likeness (QED) is 0.714. The molecule has 1 aliphatic rings. The number of carbonyl (C=O) groups excluding carboxylic acids is 1. The molecular formula is C23H28FNO3. The fourth-order valence-corrected chi connectivity index (χ4v) is 3.71. The van der Waals surface area contributed by atoms with E-state index >= 15 is 0 Å². The van der Waals surface area contributed by atoms with Gasteiger partial charge in [-0.25, -0.2) is 4.39 Å². The Balaban J connectivity index is 1.80. The van der Waals surface area contributed by atoms with Crippen LogP contribution in [0.3, 0.4) is 0 Å². The zero-order chi connectivity index (χ0) is 20.1. The van der Waals surface area contributed by atoms with Crippen molar-refractivity contribution in [3.63, 3.8) is 0 Å². The number of ether oxygens (including phenoxy) is 2. The summed E-state index contributed by atoms with van der Waals surface area (Å²) in [6.07, 6.45) is 2.08. The standard InChI is InChI=1S/C23H28FNO3/c1-4-19(27-21-14-10-8-12-17(21)24)22(26)25-18-15-23(5-2,6-3)28-20-13-9-7-11-16(18)20/h7-14,18-19H,4-6,15H2,1-3H3,(H,25,26)/t18-,19+/m0/s1. The van der Waals surface area contributed by atoms with Crippen LogP contribution in [0.15, 0.2) is 48.5 Å². The number of para-hydroxylation sites is 2. The zero-order valence-electron chi connectivity index (χ0n) is 16.7. The van der Waals surface area contributed by atoms with Crippen LogP contribution in [-0.2, 0) is 4.79 Å². The molecule has 0 saturated heterocycles. The molecule has 0 radical (unpaired) electrons. The Hall–Kier alpha value is -2.56. The fourth-order valence-electron chi connectivity index (χ4n) is 3.71. The van der Waals surface area contributed by atoms with Crippen molar-refractivity contribution in [1.29, 1.82) is 0 Å². The van der Waals surface area contributed by atoms with E-state index in [1.165, 1.54) is 12.1 Å². The third-order valence-corrected chi connectivity index (χ3v) is 5.57. The lowest BCUT2D eigenvalue weighted by molar-refractivity contribution is -0.129. The van der Waals surface area contributed by atoms with E-state index in [1.807, 2.05) is 31.2 Å². The van der Waals surface area contributed by atoms with Crippen LogP contribution in [0.4, 0.5) is 4.39 Å². The van der Waals surface area contributed by atoms with Gasteiger partial charge in [-0.05, 0) is 37.5 Å². The van der Waals surface area contributed by atoms with Gasteiger partial charge in [0.2, 0.25) is 0 Å². The van der Waals surface area contributed by atoms with E-state index in [1.54, 1.807) is 12.1 Å². The number of benzene rings is 2. The molecule has 0 bridgehead atoms. The molecule has 0 spiro atoms. The molecule has 28 heavy (non-hydrogen) atoms. The number of fused-ring (bicyclic) bond motifs is 1. The average molecular weight is 385 g/mol. The molecule has 4 nitrogen and oxygen atoms in total. The minimum atomic E-state index is -0.760. The summed E-state index contributed by atoms with van der Waals surface area (Å²) in [4.78, 5) is 13.0.